The number of halogens is 3. The molecule has 2 aliphatic heterocycles. The lowest BCUT2D eigenvalue weighted by Gasteiger charge is -2.34. The lowest BCUT2D eigenvalue weighted by Crippen LogP contribution is -2.44. The van der Waals surface area contributed by atoms with E-state index >= 15 is 0 Å². The predicted molar refractivity (Wildman–Crippen MR) is 89.6 cm³/mol. The van der Waals surface area contributed by atoms with Gasteiger partial charge in [-0.05, 0) is 30.9 Å². The predicted octanol–water partition coefficient (Wildman–Crippen LogP) is 1.40. The maximum absolute atomic E-state index is 14.8. The van der Waals surface area contributed by atoms with Crippen molar-refractivity contribution < 1.29 is 32.2 Å². The molecule has 2 amide bonds. The number of carbonyl (C=O) groups is 2. The average Bonchev–Trinajstić information content (AvgIpc) is 3.38. The molecule has 1 aliphatic carbocycles. The minimum Gasteiger partial charge on any atom is -0.477 e. The van der Waals surface area contributed by atoms with Crippen molar-refractivity contribution in [2.24, 2.45) is 11.7 Å². The summed E-state index contributed by atoms with van der Waals surface area (Å²) in [6, 6.07) is 1.18. The summed E-state index contributed by atoms with van der Waals surface area (Å²) in [5.74, 6) is -4.79. The number of nitrogens with zero attached hydrogens (tertiary/aromatic N) is 2. The van der Waals surface area contributed by atoms with Crippen molar-refractivity contribution in [1.29, 1.82) is 0 Å². The van der Waals surface area contributed by atoms with Crippen molar-refractivity contribution in [3.8, 4) is 5.88 Å². The number of ether oxygens (including phenoxy) is 2. The van der Waals surface area contributed by atoms with Gasteiger partial charge in [0.15, 0.2) is 5.67 Å². The molecule has 1 saturated carbocycles. The van der Waals surface area contributed by atoms with Gasteiger partial charge in [-0.3, -0.25) is 9.59 Å². The number of primary amides is 1. The van der Waals surface area contributed by atoms with E-state index in [1.807, 2.05) is 0 Å². The molecule has 1 aromatic heterocycles. The van der Waals surface area contributed by atoms with Crippen LogP contribution >= 0.6 is 0 Å². The van der Waals surface area contributed by atoms with Crippen molar-refractivity contribution in [1.82, 2.24) is 9.88 Å². The molecule has 0 radical (unpaired) electrons. The Hall–Kier alpha value is -2.36. The van der Waals surface area contributed by atoms with E-state index in [0.717, 1.165) is 12.8 Å². The van der Waals surface area contributed by atoms with Crippen LogP contribution in [0.4, 0.5) is 13.2 Å². The highest BCUT2D eigenvalue weighted by atomic mass is 19.3. The smallest absolute Gasteiger partial charge is 0.273 e. The summed E-state index contributed by atoms with van der Waals surface area (Å²) in [6.45, 7) is -0.893. The number of alkyl halides is 3. The number of nitrogens with two attached hydrogens (primary N) is 1. The fraction of sp³-hybridized carbons (Fsp3) is 0.611. The molecule has 3 aliphatic rings. The maximum atomic E-state index is 14.8. The summed E-state index contributed by atoms with van der Waals surface area (Å²) in [4.78, 5) is 29.1. The van der Waals surface area contributed by atoms with E-state index < -0.39 is 42.4 Å². The first kappa shape index (κ1) is 19.0. The molecule has 152 valence electrons. The SMILES string of the molecule is NC(=O)C1CC(F)(F)CN1C(=O)c1ccc(C2(F)COC2)c(OCC2CC2)n1. The molecule has 3 heterocycles. The molecule has 3 fully saturated rings. The van der Waals surface area contributed by atoms with E-state index in [1.165, 1.54) is 12.1 Å². The first-order chi connectivity index (χ1) is 13.2. The normalized spacial score (nSPS) is 25.2. The van der Waals surface area contributed by atoms with Gasteiger partial charge in [0, 0.05) is 6.42 Å². The van der Waals surface area contributed by atoms with Crippen LogP contribution in [0.2, 0.25) is 0 Å². The van der Waals surface area contributed by atoms with Crippen LogP contribution < -0.4 is 10.5 Å². The van der Waals surface area contributed by atoms with E-state index in [2.05, 4.69) is 4.98 Å². The van der Waals surface area contributed by atoms with Crippen LogP contribution in [-0.4, -0.2) is 60.0 Å². The summed E-state index contributed by atoms with van der Waals surface area (Å²) in [5, 5.41) is 0. The number of rotatable bonds is 6. The van der Waals surface area contributed by atoms with E-state index in [0.29, 0.717) is 17.4 Å². The summed E-state index contributed by atoms with van der Waals surface area (Å²) >= 11 is 0. The topological polar surface area (TPSA) is 94.8 Å². The van der Waals surface area contributed by atoms with Crippen LogP contribution in [0.15, 0.2) is 12.1 Å². The summed E-state index contributed by atoms with van der Waals surface area (Å²) < 4.78 is 52.9. The maximum Gasteiger partial charge on any atom is 0.273 e. The molecule has 10 heteroatoms. The zero-order valence-corrected chi connectivity index (χ0v) is 15.0. The third kappa shape index (κ3) is 3.52. The largest absolute Gasteiger partial charge is 0.477 e. The summed E-state index contributed by atoms with van der Waals surface area (Å²) in [7, 11) is 0. The number of hydrogen-bond acceptors (Lipinski definition) is 5. The van der Waals surface area contributed by atoms with E-state index in [-0.39, 0.29) is 30.4 Å². The fourth-order valence-corrected chi connectivity index (χ4v) is 3.36. The minimum atomic E-state index is -3.22. The number of hydrogen-bond donors (Lipinski definition) is 1. The summed E-state index contributed by atoms with van der Waals surface area (Å²) in [5.41, 5.74) is 3.37. The molecular formula is C18H20F3N3O4. The molecule has 2 saturated heterocycles. The van der Waals surface area contributed by atoms with Gasteiger partial charge < -0.3 is 20.1 Å². The van der Waals surface area contributed by atoms with E-state index in [9.17, 15) is 22.8 Å². The Morgan fingerprint density at radius 2 is 2.00 bits per heavy atom. The van der Waals surface area contributed by atoms with Crippen molar-refractivity contribution in [2.75, 3.05) is 26.4 Å². The Balaban J connectivity index is 1.62. The number of pyridine rings is 1. The molecule has 1 unspecified atom stereocenters. The monoisotopic (exact) mass is 399 g/mol. The van der Waals surface area contributed by atoms with Crippen LogP contribution in [0.5, 0.6) is 5.88 Å². The standard InChI is InChI=1S/C18H20F3N3O4/c19-17(8-27-9-17)11-3-4-12(23-15(11)28-6-10-1-2-10)16(26)24-7-18(20,21)5-13(24)14(22)25/h3-4,10,13H,1-2,5-9H2,(H2,22,25). The molecule has 4 rings (SSSR count). The van der Waals surface area contributed by atoms with Crippen molar-refractivity contribution in [3.63, 3.8) is 0 Å². The Morgan fingerprint density at radius 3 is 2.57 bits per heavy atom. The van der Waals surface area contributed by atoms with Crippen LogP contribution in [0.3, 0.4) is 0 Å². The molecule has 0 bridgehead atoms. The van der Waals surface area contributed by atoms with Crippen LogP contribution in [0, 0.1) is 5.92 Å². The van der Waals surface area contributed by atoms with Crippen molar-refractivity contribution in [3.05, 3.63) is 23.4 Å². The number of amides is 2. The molecule has 1 aromatic rings. The first-order valence-corrected chi connectivity index (χ1v) is 9.08. The molecule has 28 heavy (non-hydrogen) atoms. The van der Waals surface area contributed by atoms with Gasteiger partial charge in [0.05, 0.1) is 31.9 Å². The Labute approximate surface area is 159 Å². The highest BCUT2D eigenvalue weighted by Gasteiger charge is 2.50. The van der Waals surface area contributed by atoms with Gasteiger partial charge in [0.25, 0.3) is 11.8 Å². The number of carbonyl (C=O) groups excluding carboxylic acids is 2. The summed E-state index contributed by atoms with van der Waals surface area (Å²) in [6.07, 6.45) is 1.17. The zero-order chi connectivity index (χ0) is 20.1. The second-order valence-electron chi connectivity index (χ2n) is 7.67. The zero-order valence-electron chi connectivity index (χ0n) is 15.0. The van der Waals surface area contributed by atoms with Gasteiger partial charge in [-0.2, -0.15) is 0 Å². The minimum absolute atomic E-state index is 0.0508. The average molecular weight is 399 g/mol. The van der Waals surface area contributed by atoms with Gasteiger partial charge >= 0.3 is 0 Å². The quantitative estimate of drug-likeness (QED) is 0.780. The van der Waals surface area contributed by atoms with E-state index in [4.69, 9.17) is 15.2 Å². The van der Waals surface area contributed by atoms with Crippen LogP contribution in [0.1, 0.15) is 35.3 Å². The molecule has 1 atom stereocenters. The Bertz CT molecular complexity index is 811. The molecule has 7 nitrogen and oxygen atoms in total. The van der Waals surface area contributed by atoms with Gasteiger partial charge in [-0.1, -0.05) is 0 Å². The third-order valence-corrected chi connectivity index (χ3v) is 5.24. The Morgan fingerprint density at radius 1 is 1.29 bits per heavy atom. The van der Waals surface area contributed by atoms with Crippen molar-refractivity contribution >= 4 is 11.8 Å². The van der Waals surface area contributed by atoms with Gasteiger partial charge in [-0.15, -0.1) is 0 Å². The first-order valence-electron chi connectivity index (χ1n) is 9.08. The number of aromatic nitrogens is 1. The van der Waals surface area contributed by atoms with Crippen LogP contribution in [-0.2, 0) is 15.2 Å². The highest BCUT2D eigenvalue weighted by molar-refractivity contribution is 5.96. The van der Waals surface area contributed by atoms with Gasteiger partial charge in [0.2, 0.25) is 11.8 Å². The lowest BCUT2D eigenvalue weighted by molar-refractivity contribution is -0.136. The third-order valence-electron chi connectivity index (χ3n) is 5.24. The molecule has 0 spiro atoms. The van der Waals surface area contributed by atoms with Crippen molar-refractivity contribution in [2.45, 2.75) is 36.9 Å². The second-order valence-corrected chi connectivity index (χ2v) is 7.67. The van der Waals surface area contributed by atoms with Gasteiger partial charge in [-0.25, -0.2) is 18.2 Å². The second kappa shape index (κ2) is 6.61. The van der Waals surface area contributed by atoms with E-state index in [1.54, 1.807) is 0 Å². The number of likely N-dealkylation sites (tertiary alicyclic amines) is 1. The lowest BCUT2D eigenvalue weighted by atomic mass is 9.94. The fourth-order valence-electron chi connectivity index (χ4n) is 3.36. The Kier molecular flexibility index (Phi) is 4.48. The molecule has 0 aromatic carbocycles. The highest BCUT2D eigenvalue weighted by Crippen LogP contribution is 2.40. The van der Waals surface area contributed by atoms with Crippen LogP contribution in [0.25, 0.3) is 0 Å². The molecule has 2 N–H and O–H groups in total. The van der Waals surface area contributed by atoms with Gasteiger partial charge in [0.1, 0.15) is 11.7 Å². The molecular weight excluding hydrogens is 379 g/mol.